The number of rotatable bonds is 4. The van der Waals surface area contributed by atoms with Crippen LogP contribution in [0.4, 0.5) is 0 Å². The van der Waals surface area contributed by atoms with Crippen LogP contribution in [-0.4, -0.2) is 28.8 Å². The molecule has 21 heavy (non-hydrogen) atoms. The summed E-state index contributed by atoms with van der Waals surface area (Å²) in [4.78, 5) is 17.3. The SMILES string of the molecule is COc1ccc(Sc2nn3c(=O)ccnc3s2)cc1OC. The number of hydrogen-bond acceptors (Lipinski definition) is 7. The zero-order valence-corrected chi connectivity index (χ0v) is 12.9. The molecule has 8 heteroatoms. The van der Waals surface area contributed by atoms with Gasteiger partial charge in [0.25, 0.3) is 5.56 Å². The second-order valence-electron chi connectivity index (χ2n) is 3.96. The Bertz CT molecular complexity index is 844. The summed E-state index contributed by atoms with van der Waals surface area (Å²) in [5.74, 6) is 1.32. The van der Waals surface area contributed by atoms with E-state index in [0.29, 0.717) is 16.5 Å². The van der Waals surface area contributed by atoms with Crippen molar-refractivity contribution >= 4 is 28.1 Å². The standard InChI is InChI=1S/C13H11N3O3S2/c1-18-9-4-3-8(7-10(9)19-2)20-13-15-16-11(17)5-6-14-12(16)21-13/h3-7H,1-2H3. The summed E-state index contributed by atoms with van der Waals surface area (Å²) in [5, 5.41) is 4.26. The molecular formula is C13H11N3O3S2. The number of aromatic nitrogens is 3. The van der Waals surface area contributed by atoms with Gasteiger partial charge in [-0.1, -0.05) is 23.1 Å². The van der Waals surface area contributed by atoms with Gasteiger partial charge in [0.05, 0.1) is 14.2 Å². The average molecular weight is 321 g/mol. The van der Waals surface area contributed by atoms with Crippen LogP contribution >= 0.6 is 23.1 Å². The first-order valence-electron chi connectivity index (χ1n) is 5.96. The molecule has 0 atom stereocenters. The summed E-state index contributed by atoms with van der Waals surface area (Å²) in [6.07, 6.45) is 1.49. The Kier molecular flexibility index (Phi) is 3.80. The highest BCUT2D eigenvalue weighted by Crippen LogP contribution is 2.36. The number of benzene rings is 1. The first-order valence-corrected chi connectivity index (χ1v) is 7.59. The fourth-order valence-corrected chi connectivity index (χ4v) is 3.66. The van der Waals surface area contributed by atoms with Gasteiger partial charge in [0.2, 0.25) is 4.96 Å². The number of ether oxygens (including phenoxy) is 2. The minimum atomic E-state index is -0.185. The van der Waals surface area contributed by atoms with Crippen LogP contribution in [0.2, 0.25) is 0 Å². The van der Waals surface area contributed by atoms with Crippen LogP contribution < -0.4 is 15.0 Å². The van der Waals surface area contributed by atoms with Crippen molar-refractivity contribution in [2.75, 3.05) is 14.2 Å². The van der Waals surface area contributed by atoms with Gasteiger partial charge >= 0.3 is 0 Å². The molecule has 0 saturated carbocycles. The van der Waals surface area contributed by atoms with Crippen molar-refractivity contribution in [2.45, 2.75) is 9.24 Å². The van der Waals surface area contributed by atoms with E-state index in [-0.39, 0.29) is 5.56 Å². The third-order valence-electron chi connectivity index (χ3n) is 2.71. The number of hydrogen-bond donors (Lipinski definition) is 0. The van der Waals surface area contributed by atoms with E-state index in [1.807, 2.05) is 18.2 Å². The molecule has 0 saturated heterocycles. The van der Waals surface area contributed by atoms with Crippen molar-refractivity contribution in [3.05, 3.63) is 40.8 Å². The van der Waals surface area contributed by atoms with Crippen LogP contribution in [0.5, 0.6) is 11.5 Å². The van der Waals surface area contributed by atoms with Gasteiger partial charge in [-0.15, -0.1) is 5.10 Å². The largest absolute Gasteiger partial charge is 0.493 e. The Labute approximate surface area is 128 Å². The highest BCUT2D eigenvalue weighted by Gasteiger charge is 2.10. The van der Waals surface area contributed by atoms with Crippen molar-refractivity contribution < 1.29 is 9.47 Å². The predicted molar refractivity (Wildman–Crippen MR) is 80.8 cm³/mol. The van der Waals surface area contributed by atoms with Crippen LogP contribution in [0.3, 0.4) is 0 Å². The molecule has 3 aromatic rings. The third kappa shape index (κ3) is 2.72. The van der Waals surface area contributed by atoms with E-state index < -0.39 is 0 Å². The Balaban J connectivity index is 1.95. The molecule has 0 aliphatic carbocycles. The van der Waals surface area contributed by atoms with Gasteiger partial charge in [-0.25, -0.2) is 4.98 Å². The molecule has 0 aliphatic heterocycles. The number of methoxy groups -OCH3 is 2. The lowest BCUT2D eigenvalue weighted by molar-refractivity contribution is 0.354. The minimum absolute atomic E-state index is 0.185. The van der Waals surface area contributed by atoms with Crippen LogP contribution in [0, 0.1) is 0 Å². The third-order valence-corrected chi connectivity index (χ3v) is 4.68. The molecule has 1 aromatic carbocycles. The van der Waals surface area contributed by atoms with Crippen molar-refractivity contribution in [3.8, 4) is 11.5 Å². The maximum Gasteiger partial charge on any atom is 0.275 e. The molecular weight excluding hydrogens is 310 g/mol. The maximum absolute atomic E-state index is 11.6. The molecule has 3 rings (SSSR count). The Morgan fingerprint density at radius 1 is 1.19 bits per heavy atom. The molecule has 0 spiro atoms. The Morgan fingerprint density at radius 3 is 2.71 bits per heavy atom. The highest BCUT2D eigenvalue weighted by molar-refractivity contribution is 8.01. The number of fused-ring (bicyclic) bond motifs is 1. The molecule has 6 nitrogen and oxygen atoms in total. The second-order valence-corrected chi connectivity index (χ2v) is 6.24. The van der Waals surface area contributed by atoms with Gasteiger partial charge < -0.3 is 9.47 Å². The fourth-order valence-electron chi connectivity index (χ4n) is 1.75. The zero-order chi connectivity index (χ0) is 14.8. The van der Waals surface area contributed by atoms with Crippen molar-refractivity contribution in [1.29, 1.82) is 0 Å². The van der Waals surface area contributed by atoms with Gasteiger partial charge in [-0.2, -0.15) is 4.52 Å². The lowest BCUT2D eigenvalue weighted by Crippen LogP contribution is -2.12. The molecule has 0 N–H and O–H groups in total. The molecule has 0 radical (unpaired) electrons. The average Bonchev–Trinajstić information content (AvgIpc) is 2.91. The van der Waals surface area contributed by atoms with E-state index in [4.69, 9.17) is 9.47 Å². The first kappa shape index (κ1) is 13.9. The highest BCUT2D eigenvalue weighted by atomic mass is 32.2. The molecule has 2 heterocycles. The molecule has 0 amide bonds. The van der Waals surface area contributed by atoms with E-state index in [9.17, 15) is 4.79 Å². The summed E-state index contributed by atoms with van der Waals surface area (Å²) in [6, 6.07) is 7.00. The summed E-state index contributed by atoms with van der Waals surface area (Å²) in [7, 11) is 3.18. The Morgan fingerprint density at radius 2 is 2.00 bits per heavy atom. The molecule has 0 bridgehead atoms. The summed E-state index contributed by atoms with van der Waals surface area (Å²) < 4.78 is 12.5. The monoisotopic (exact) mass is 321 g/mol. The normalized spacial score (nSPS) is 10.8. The van der Waals surface area contributed by atoms with Crippen molar-refractivity contribution in [1.82, 2.24) is 14.6 Å². The van der Waals surface area contributed by atoms with Crippen molar-refractivity contribution in [3.63, 3.8) is 0 Å². The van der Waals surface area contributed by atoms with E-state index in [1.165, 1.54) is 39.9 Å². The van der Waals surface area contributed by atoms with Gasteiger partial charge in [-0.3, -0.25) is 4.79 Å². The summed E-state index contributed by atoms with van der Waals surface area (Å²) >= 11 is 2.80. The van der Waals surface area contributed by atoms with Crippen molar-refractivity contribution in [2.24, 2.45) is 0 Å². The summed E-state index contributed by atoms with van der Waals surface area (Å²) in [5.41, 5.74) is -0.185. The quantitative estimate of drug-likeness (QED) is 0.735. The number of nitrogens with zero attached hydrogens (tertiary/aromatic N) is 3. The van der Waals surface area contributed by atoms with Gasteiger partial charge in [0.1, 0.15) is 0 Å². The minimum Gasteiger partial charge on any atom is -0.493 e. The topological polar surface area (TPSA) is 65.7 Å². The molecule has 2 aromatic heterocycles. The lowest BCUT2D eigenvalue weighted by Gasteiger charge is -2.08. The van der Waals surface area contributed by atoms with E-state index in [1.54, 1.807) is 14.2 Å². The van der Waals surface area contributed by atoms with Gasteiger partial charge in [0.15, 0.2) is 15.8 Å². The second kappa shape index (κ2) is 5.74. The summed E-state index contributed by atoms with van der Waals surface area (Å²) in [6.45, 7) is 0. The van der Waals surface area contributed by atoms with E-state index in [2.05, 4.69) is 10.1 Å². The van der Waals surface area contributed by atoms with Crippen LogP contribution in [0.15, 0.2) is 44.5 Å². The van der Waals surface area contributed by atoms with E-state index in [0.717, 1.165) is 9.24 Å². The Hall–Kier alpha value is -2.06. The van der Waals surface area contributed by atoms with Crippen LogP contribution in [0.25, 0.3) is 4.96 Å². The van der Waals surface area contributed by atoms with Gasteiger partial charge in [-0.05, 0) is 18.2 Å². The zero-order valence-electron chi connectivity index (χ0n) is 11.3. The fraction of sp³-hybridized carbons (Fsp3) is 0.154. The van der Waals surface area contributed by atoms with Crippen LogP contribution in [-0.2, 0) is 0 Å². The molecule has 108 valence electrons. The molecule has 0 fully saturated rings. The van der Waals surface area contributed by atoms with Gasteiger partial charge in [0, 0.05) is 17.2 Å². The molecule has 0 aliphatic rings. The smallest absolute Gasteiger partial charge is 0.275 e. The van der Waals surface area contributed by atoms with Crippen LogP contribution in [0.1, 0.15) is 0 Å². The lowest BCUT2D eigenvalue weighted by atomic mass is 10.3. The van der Waals surface area contributed by atoms with E-state index >= 15 is 0 Å². The predicted octanol–water partition coefficient (Wildman–Crippen LogP) is 2.32. The molecule has 0 unspecified atom stereocenters. The first-order chi connectivity index (χ1) is 10.2. The maximum atomic E-state index is 11.6.